The van der Waals surface area contributed by atoms with Crippen molar-refractivity contribution in [3.05, 3.63) is 47.4 Å². The molecule has 1 aromatic carbocycles. The summed E-state index contributed by atoms with van der Waals surface area (Å²) in [6, 6.07) is 4.90. The fourth-order valence-corrected chi connectivity index (χ4v) is 1.44. The van der Waals surface area contributed by atoms with Crippen LogP contribution in [0, 0.1) is 24.4 Å². The van der Waals surface area contributed by atoms with Crippen LogP contribution in [0.5, 0.6) is 0 Å². The molecule has 17 heavy (non-hydrogen) atoms. The molecule has 5 heteroatoms. The van der Waals surface area contributed by atoms with Gasteiger partial charge in [0.1, 0.15) is 0 Å². The van der Waals surface area contributed by atoms with E-state index in [1.54, 1.807) is 13.0 Å². The first kappa shape index (κ1) is 11.4. The van der Waals surface area contributed by atoms with Crippen molar-refractivity contribution in [2.24, 2.45) is 0 Å². The molecule has 1 heterocycles. The van der Waals surface area contributed by atoms with Crippen LogP contribution < -0.4 is 5.73 Å². The van der Waals surface area contributed by atoms with Gasteiger partial charge in [-0.1, -0.05) is 0 Å². The molecule has 0 saturated heterocycles. The Balaban J connectivity index is 2.57. The third kappa shape index (κ3) is 2.08. The summed E-state index contributed by atoms with van der Waals surface area (Å²) in [4.78, 5) is 4.07. The minimum absolute atomic E-state index is 0.171. The van der Waals surface area contributed by atoms with Crippen LogP contribution >= 0.6 is 0 Å². The molecule has 1 aromatic heterocycles. The van der Waals surface area contributed by atoms with Crippen molar-refractivity contribution in [3.63, 3.8) is 0 Å². The van der Waals surface area contributed by atoms with E-state index in [-0.39, 0.29) is 5.56 Å². The van der Waals surface area contributed by atoms with E-state index >= 15 is 0 Å². The molecule has 88 valence electrons. The monoisotopic (exact) mass is 238 g/mol. The van der Waals surface area contributed by atoms with Gasteiger partial charge in [-0.25, -0.2) is 13.2 Å². The Morgan fingerprint density at radius 2 is 1.65 bits per heavy atom. The van der Waals surface area contributed by atoms with Gasteiger partial charge in [-0.2, -0.15) is 0 Å². The maximum atomic E-state index is 13.0. The van der Waals surface area contributed by atoms with Crippen molar-refractivity contribution in [3.8, 4) is 11.3 Å². The fraction of sp³-hybridized carbons (Fsp3) is 0.0833. The SMILES string of the molecule is Cc1nc(-c2cc(F)c(F)c(F)c2)ccc1N. The molecule has 0 amide bonds. The zero-order chi connectivity index (χ0) is 12.6. The van der Waals surface area contributed by atoms with E-state index in [1.165, 1.54) is 6.07 Å². The van der Waals surface area contributed by atoms with Gasteiger partial charge >= 0.3 is 0 Å². The number of hydrogen-bond donors (Lipinski definition) is 1. The van der Waals surface area contributed by atoms with Crippen molar-refractivity contribution in [2.75, 3.05) is 5.73 Å². The molecule has 0 aliphatic heterocycles. The zero-order valence-electron chi connectivity index (χ0n) is 8.97. The van der Waals surface area contributed by atoms with Crippen molar-refractivity contribution in [1.82, 2.24) is 4.98 Å². The average Bonchev–Trinajstić information content (AvgIpc) is 2.29. The van der Waals surface area contributed by atoms with Gasteiger partial charge in [0.05, 0.1) is 17.1 Å². The van der Waals surface area contributed by atoms with Gasteiger partial charge in [0.15, 0.2) is 17.5 Å². The molecular formula is C12H9F3N2. The van der Waals surface area contributed by atoms with Gasteiger partial charge in [0.2, 0.25) is 0 Å². The highest BCUT2D eigenvalue weighted by molar-refractivity contribution is 5.62. The third-order valence-electron chi connectivity index (χ3n) is 2.41. The first-order valence-corrected chi connectivity index (χ1v) is 4.87. The second-order valence-corrected chi connectivity index (χ2v) is 3.63. The molecule has 0 radical (unpaired) electrons. The Labute approximate surface area is 95.9 Å². The maximum absolute atomic E-state index is 13.0. The number of halogens is 3. The normalized spacial score (nSPS) is 10.6. The fourth-order valence-electron chi connectivity index (χ4n) is 1.44. The lowest BCUT2D eigenvalue weighted by molar-refractivity contribution is 0.447. The number of benzene rings is 1. The molecule has 2 aromatic rings. The van der Waals surface area contributed by atoms with Crippen molar-refractivity contribution in [2.45, 2.75) is 6.92 Å². The van der Waals surface area contributed by atoms with Crippen LogP contribution in [0.15, 0.2) is 24.3 Å². The number of nitrogens with zero attached hydrogens (tertiary/aromatic N) is 1. The number of pyridine rings is 1. The van der Waals surface area contributed by atoms with E-state index in [0.29, 0.717) is 17.1 Å². The van der Waals surface area contributed by atoms with Crippen LogP contribution in [-0.2, 0) is 0 Å². The molecule has 2 rings (SSSR count). The second kappa shape index (κ2) is 4.08. The Bertz CT molecular complexity index is 559. The summed E-state index contributed by atoms with van der Waals surface area (Å²) >= 11 is 0. The third-order valence-corrected chi connectivity index (χ3v) is 2.41. The highest BCUT2D eigenvalue weighted by Crippen LogP contribution is 2.23. The van der Waals surface area contributed by atoms with Gasteiger partial charge < -0.3 is 5.73 Å². The summed E-state index contributed by atoms with van der Waals surface area (Å²) in [6.45, 7) is 1.68. The standard InChI is InChI=1S/C12H9F3N2/c1-6-10(16)2-3-11(17-6)7-4-8(13)12(15)9(14)5-7/h2-5H,16H2,1H3. The maximum Gasteiger partial charge on any atom is 0.194 e. The van der Waals surface area contributed by atoms with Crippen LogP contribution in [0.2, 0.25) is 0 Å². The summed E-state index contributed by atoms with van der Waals surface area (Å²) in [5.74, 6) is -3.96. The highest BCUT2D eigenvalue weighted by atomic mass is 19.2. The molecule has 2 N–H and O–H groups in total. The number of rotatable bonds is 1. The lowest BCUT2D eigenvalue weighted by atomic mass is 10.1. The Morgan fingerprint density at radius 1 is 1.06 bits per heavy atom. The molecule has 0 aliphatic carbocycles. The minimum atomic E-state index is -1.49. The van der Waals surface area contributed by atoms with E-state index in [2.05, 4.69) is 4.98 Å². The minimum Gasteiger partial charge on any atom is -0.397 e. The lowest BCUT2D eigenvalue weighted by Crippen LogP contribution is -1.96. The van der Waals surface area contributed by atoms with Gasteiger partial charge in [-0.3, -0.25) is 4.98 Å². The van der Waals surface area contributed by atoms with Crippen molar-refractivity contribution < 1.29 is 13.2 Å². The molecule has 0 spiro atoms. The Morgan fingerprint density at radius 3 is 2.18 bits per heavy atom. The van der Waals surface area contributed by atoms with Crippen molar-refractivity contribution in [1.29, 1.82) is 0 Å². The summed E-state index contributed by atoms with van der Waals surface area (Å²) < 4.78 is 38.9. The van der Waals surface area contributed by atoms with Crippen LogP contribution in [0.25, 0.3) is 11.3 Å². The quantitative estimate of drug-likeness (QED) is 0.775. The molecule has 0 atom stereocenters. The molecule has 0 fully saturated rings. The Kier molecular flexibility index (Phi) is 2.75. The summed E-state index contributed by atoms with van der Waals surface area (Å²) in [7, 11) is 0. The smallest absolute Gasteiger partial charge is 0.194 e. The zero-order valence-corrected chi connectivity index (χ0v) is 8.97. The van der Waals surface area contributed by atoms with Crippen molar-refractivity contribution >= 4 is 5.69 Å². The predicted octanol–water partition coefficient (Wildman–Crippen LogP) is 3.06. The summed E-state index contributed by atoms with van der Waals surface area (Å²) in [5, 5.41) is 0. The summed E-state index contributed by atoms with van der Waals surface area (Å²) in [6.07, 6.45) is 0. The van der Waals surface area contributed by atoms with Gasteiger partial charge in [0.25, 0.3) is 0 Å². The lowest BCUT2D eigenvalue weighted by Gasteiger charge is -2.05. The van der Waals surface area contributed by atoms with Crippen LogP contribution in [-0.4, -0.2) is 4.98 Å². The van der Waals surface area contributed by atoms with E-state index in [1.807, 2.05) is 0 Å². The van der Waals surface area contributed by atoms with Gasteiger partial charge in [0, 0.05) is 5.56 Å². The van der Waals surface area contributed by atoms with E-state index in [9.17, 15) is 13.2 Å². The average molecular weight is 238 g/mol. The summed E-state index contributed by atoms with van der Waals surface area (Å²) in [5.41, 5.74) is 7.12. The molecule has 0 unspecified atom stereocenters. The Hall–Kier alpha value is -2.04. The highest BCUT2D eigenvalue weighted by Gasteiger charge is 2.12. The number of aryl methyl sites for hydroxylation is 1. The topological polar surface area (TPSA) is 38.9 Å². The predicted molar refractivity (Wildman–Crippen MR) is 58.7 cm³/mol. The van der Waals surface area contributed by atoms with E-state index < -0.39 is 17.5 Å². The first-order valence-electron chi connectivity index (χ1n) is 4.87. The van der Waals surface area contributed by atoms with Gasteiger partial charge in [-0.05, 0) is 31.2 Å². The molecule has 0 bridgehead atoms. The van der Waals surface area contributed by atoms with Gasteiger partial charge in [-0.15, -0.1) is 0 Å². The molecule has 0 aliphatic rings. The number of hydrogen-bond acceptors (Lipinski definition) is 2. The molecular weight excluding hydrogens is 229 g/mol. The number of aromatic nitrogens is 1. The van der Waals surface area contributed by atoms with E-state index in [4.69, 9.17) is 5.73 Å². The largest absolute Gasteiger partial charge is 0.397 e. The first-order chi connectivity index (χ1) is 7.99. The molecule has 0 saturated carbocycles. The van der Waals surface area contributed by atoms with Crippen LogP contribution in [0.1, 0.15) is 5.69 Å². The van der Waals surface area contributed by atoms with E-state index in [0.717, 1.165) is 12.1 Å². The number of anilines is 1. The number of nitrogens with two attached hydrogens (primary N) is 1. The van der Waals surface area contributed by atoms with Crippen LogP contribution in [0.3, 0.4) is 0 Å². The second-order valence-electron chi connectivity index (χ2n) is 3.63. The number of nitrogen functional groups attached to an aromatic ring is 1. The molecule has 2 nitrogen and oxygen atoms in total. The van der Waals surface area contributed by atoms with Crippen LogP contribution in [0.4, 0.5) is 18.9 Å².